The van der Waals surface area contributed by atoms with Gasteiger partial charge in [-0.05, 0) is 62.2 Å². The average molecular weight is 272 g/mol. The molecule has 0 aromatic carbocycles. The molecule has 0 aliphatic heterocycles. The van der Waals surface area contributed by atoms with Crippen LogP contribution in [0.1, 0.15) is 31.6 Å². The molecule has 1 heterocycles. The maximum Gasteiger partial charge on any atom is 0.0931 e. The van der Waals surface area contributed by atoms with Gasteiger partial charge in [-0.3, -0.25) is 0 Å². The molecule has 1 N–H and O–H groups in total. The molecule has 96 valence electrons. The topological polar surface area (TPSA) is 12.0 Å². The molecule has 1 aliphatic carbocycles. The lowest BCUT2D eigenvalue weighted by molar-refractivity contribution is 0.170. The van der Waals surface area contributed by atoms with Gasteiger partial charge in [-0.15, -0.1) is 11.3 Å². The van der Waals surface area contributed by atoms with E-state index in [-0.39, 0.29) is 0 Å². The average Bonchev–Trinajstić information content (AvgIpc) is 2.65. The summed E-state index contributed by atoms with van der Waals surface area (Å²) < 4.78 is 0.925. The molecular weight excluding hydrogens is 250 g/mol. The van der Waals surface area contributed by atoms with Gasteiger partial charge in [0.05, 0.1) is 4.34 Å². The summed E-state index contributed by atoms with van der Waals surface area (Å²) in [5, 5.41) is 3.59. The van der Waals surface area contributed by atoms with Crippen LogP contribution in [0.4, 0.5) is 0 Å². The Bertz CT molecular complexity index is 348. The van der Waals surface area contributed by atoms with Crippen molar-refractivity contribution in [2.45, 2.75) is 33.1 Å². The van der Waals surface area contributed by atoms with Gasteiger partial charge in [0.25, 0.3) is 0 Å². The predicted molar refractivity (Wildman–Crippen MR) is 77.0 cm³/mol. The smallest absolute Gasteiger partial charge is 0.0931 e. The summed E-state index contributed by atoms with van der Waals surface area (Å²) in [5.74, 6) is 2.52. The second kappa shape index (κ2) is 6.21. The molecule has 1 nitrogen and oxygen atoms in total. The lowest BCUT2D eigenvalue weighted by Crippen LogP contribution is -2.37. The highest BCUT2D eigenvalue weighted by molar-refractivity contribution is 7.16. The Labute approximate surface area is 114 Å². The zero-order valence-electron chi connectivity index (χ0n) is 10.7. The van der Waals surface area contributed by atoms with Crippen LogP contribution in [0.15, 0.2) is 12.1 Å². The van der Waals surface area contributed by atoms with E-state index in [4.69, 9.17) is 11.6 Å². The van der Waals surface area contributed by atoms with Crippen LogP contribution in [0.2, 0.25) is 4.34 Å². The molecule has 3 heteroatoms. The van der Waals surface area contributed by atoms with E-state index in [9.17, 15) is 0 Å². The summed E-state index contributed by atoms with van der Waals surface area (Å²) >= 11 is 7.71. The minimum Gasteiger partial charge on any atom is -0.316 e. The van der Waals surface area contributed by atoms with Crippen LogP contribution in [-0.2, 0) is 6.42 Å². The fourth-order valence-corrected chi connectivity index (χ4v) is 3.63. The summed E-state index contributed by atoms with van der Waals surface area (Å²) in [7, 11) is 0. The van der Waals surface area contributed by atoms with Crippen LogP contribution < -0.4 is 5.32 Å². The van der Waals surface area contributed by atoms with Gasteiger partial charge in [0.2, 0.25) is 0 Å². The summed E-state index contributed by atoms with van der Waals surface area (Å²) in [6.45, 7) is 6.87. The Morgan fingerprint density at radius 3 is 2.65 bits per heavy atom. The maximum absolute atomic E-state index is 5.97. The second-order valence-electron chi connectivity index (χ2n) is 5.56. The van der Waals surface area contributed by atoms with Gasteiger partial charge in [-0.25, -0.2) is 0 Å². The van der Waals surface area contributed by atoms with Gasteiger partial charge < -0.3 is 5.32 Å². The van der Waals surface area contributed by atoms with Gasteiger partial charge in [-0.1, -0.05) is 25.4 Å². The normalized spacial score (nSPS) is 24.0. The van der Waals surface area contributed by atoms with E-state index in [0.29, 0.717) is 0 Å². The van der Waals surface area contributed by atoms with Crippen molar-refractivity contribution < 1.29 is 0 Å². The zero-order valence-corrected chi connectivity index (χ0v) is 12.3. The monoisotopic (exact) mass is 271 g/mol. The minimum atomic E-state index is 0.754. The highest BCUT2D eigenvalue weighted by Gasteiger charge is 2.30. The first-order valence-electron chi connectivity index (χ1n) is 6.60. The Balaban J connectivity index is 1.71. The highest BCUT2D eigenvalue weighted by atomic mass is 35.5. The highest BCUT2D eigenvalue weighted by Crippen LogP contribution is 2.38. The van der Waals surface area contributed by atoms with E-state index in [1.807, 2.05) is 6.07 Å². The van der Waals surface area contributed by atoms with Crippen LogP contribution >= 0.6 is 22.9 Å². The molecule has 1 aromatic rings. The van der Waals surface area contributed by atoms with Crippen molar-refractivity contribution in [3.8, 4) is 0 Å². The van der Waals surface area contributed by atoms with Gasteiger partial charge in [-0.2, -0.15) is 0 Å². The summed E-state index contributed by atoms with van der Waals surface area (Å²) in [5.41, 5.74) is 0. The summed E-state index contributed by atoms with van der Waals surface area (Å²) in [4.78, 5) is 1.45. The molecule has 0 radical (unpaired) electrons. The third kappa shape index (κ3) is 3.97. The minimum absolute atomic E-state index is 0.754. The lowest BCUT2D eigenvalue weighted by Gasteiger charge is -2.37. The van der Waals surface area contributed by atoms with Crippen LogP contribution in [0.3, 0.4) is 0 Å². The van der Waals surface area contributed by atoms with Crippen LogP contribution in [0, 0.1) is 17.8 Å². The largest absolute Gasteiger partial charge is 0.316 e. The Kier molecular flexibility index (Phi) is 4.89. The summed E-state index contributed by atoms with van der Waals surface area (Å²) in [6, 6.07) is 4.20. The third-order valence-corrected chi connectivity index (χ3v) is 4.88. The molecule has 17 heavy (non-hydrogen) atoms. The molecule has 0 bridgehead atoms. The molecule has 2 rings (SSSR count). The van der Waals surface area contributed by atoms with Crippen LogP contribution in [0.5, 0.6) is 0 Å². The van der Waals surface area contributed by atoms with E-state index < -0.39 is 0 Å². The van der Waals surface area contributed by atoms with Crippen molar-refractivity contribution in [3.63, 3.8) is 0 Å². The van der Waals surface area contributed by atoms with Gasteiger partial charge in [0, 0.05) is 4.88 Å². The molecule has 0 spiro atoms. The fourth-order valence-electron chi connectivity index (χ4n) is 2.45. The van der Waals surface area contributed by atoms with Crippen LogP contribution in [-0.4, -0.2) is 13.1 Å². The van der Waals surface area contributed by atoms with E-state index in [0.717, 1.165) is 28.6 Å². The van der Waals surface area contributed by atoms with E-state index >= 15 is 0 Å². The van der Waals surface area contributed by atoms with Crippen molar-refractivity contribution in [2.75, 3.05) is 13.1 Å². The van der Waals surface area contributed by atoms with Gasteiger partial charge in [0.1, 0.15) is 0 Å². The number of hydrogen-bond acceptors (Lipinski definition) is 2. The lowest BCUT2D eigenvalue weighted by atomic mass is 9.71. The predicted octanol–water partition coefficient (Wildman–Crippen LogP) is 4.22. The first kappa shape index (κ1) is 13.4. The zero-order chi connectivity index (χ0) is 12.3. The van der Waals surface area contributed by atoms with Gasteiger partial charge in [0.15, 0.2) is 0 Å². The SMILES string of the molecule is CC(C)CNCC1CCC1Cc1ccc(Cl)s1. The number of thiophene rings is 1. The van der Waals surface area contributed by atoms with E-state index in [1.165, 1.54) is 30.7 Å². The first-order chi connectivity index (χ1) is 8.15. The molecule has 1 aliphatic rings. The van der Waals surface area contributed by atoms with Gasteiger partial charge >= 0.3 is 0 Å². The molecular formula is C14H22ClNS. The molecule has 1 fully saturated rings. The standard InChI is InChI=1S/C14H22ClNS/c1-10(2)8-16-9-12-4-3-11(12)7-13-5-6-14(15)17-13/h5-6,10-12,16H,3-4,7-9H2,1-2H3. The van der Waals surface area contributed by atoms with Crippen LogP contribution in [0.25, 0.3) is 0 Å². The third-order valence-electron chi connectivity index (χ3n) is 3.63. The second-order valence-corrected chi connectivity index (χ2v) is 7.36. The number of hydrogen-bond donors (Lipinski definition) is 1. The Morgan fingerprint density at radius 2 is 2.12 bits per heavy atom. The Morgan fingerprint density at radius 1 is 1.35 bits per heavy atom. The quantitative estimate of drug-likeness (QED) is 0.817. The molecule has 2 unspecified atom stereocenters. The van der Waals surface area contributed by atoms with E-state index in [2.05, 4.69) is 25.2 Å². The molecule has 1 aromatic heterocycles. The first-order valence-corrected chi connectivity index (χ1v) is 7.79. The molecule has 1 saturated carbocycles. The molecule has 2 atom stereocenters. The number of halogens is 1. The van der Waals surface area contributed by atoms with Crippen molar-refractivity contribution >= 4 is 22.9 Å². The van der Waals surface area contributed by atoms with Crippen molar-refractivity contribution in [1.82, 2.24) is 5.32 Å². The van der Waals surface area contributed by atoms with Crippen molar-refractivity contribution in [3.05, 3.63) is 21.3 Å². The van der Waals surface area contributed by atoms with Crippen molar-refractivity contribution in [1.29, 1.82) is 0 Å². The summed E-state index contributed by atoms with van der Waals surface area (Å²) in [6.07, 6.45) is 4.02. The molecule has 0 saturated heterocycles. The van der Waals surface area contributed by atoms with E-state index in [1.54, 1.807) is 11.3 Å². The number of nitrogens with one attached hydrogen (secondary N) is 1. The number of rotatable bonds is 6. The maximum atomic E-state index is 5.97. The molecule has 0 amide bonds. The fraction of sp³-hybridized carbons (Fsp3) is 0.714. The van der Waals surface area contributed by atoms with Crippen molar-refractivity contribution in [2.24, 2.45) is 17.8 Å². The Hall–Kier alpha value is -0.0500.